The van der Waals surface area contributed by atoms with Crippen LogP contribution in [0.15, 0.2) is 36.4 Å². The number of morpholine rings is 2. The van der Waals surface area contributed by atoms with Crippen LogP contribution < -0.4 is 10.2 Å². The number of ether oxygens (including phenoxy) is 2. The van der Waals surface area contributed by atoms with Crippen molar-refractivity contribution in [3.05, 3.63) is 56.5 Å². The molecular weight excluding hydrogens is 580 g/mol. The van der Waals surface area contributed by atoms with Gasteiger partial charge >= 0.3 is 15.3 Å². The summed E-state index contributed by atoms with van der Waals surface area (Å²) in [7, 11) is -7.93. The Labute approximate surface area is 224 Å². The fourth-order valence-corrected chi connectivity index (χ4v) is 9.07. The number of nitrogens with one attached hydrogen (secondary N) is 2. The highest BCUT2D eigenvalue weighted by atomic mass is 35.5. The molecule has 2 fully saturated rings. The third kappa shape index (κ3) is 6.86. The number of halogens is 4. The fraction of sp³-hybridized carbons (Fsp3) is 0.400. The minimum Gasteiger partial charge on any atom is -0.379 e. The van der Waals surface area contributed by atoms with E-state index in [2.05, 4.69) is 10.2 Å². The van der Waals surface area contributed by atoms with Crippen molar-refractivity contribution in [3.63, 3.8) is 0 Å². The molecule has 2 aromatic carbocycles. The van der Waals surface area contributed by atoms with Crippen LogP contribution in [0.3, 0.4) is 0 Å². The van der Waals surface area contributed by atoms with Gasteiger partial charge in [-0.3, -0.25) is 0 Å². The molecule has 0 aromatic heterocycles. The number of benzene rings is 2. The Balaban J connectivity index is 1.70. The van der Waals surface area contributed by atoms with Crippen LogP contribution in [0.25, 0.3) is 0 Å². The second kappa shape index (κ2) is 11.9. The van der Waals surface area contributed by atoms with Gasteiger partial charge in [0.2, 0.25) is 0 Å². The predicted octanol–water partition coefficient (Wildman–Crippen LogP) is 6.72. The topological polar surface area (TPSA) is 92.4 Å². The van der Waals surface area contributed by atoms with Gasteiger partial charge in [0.25, 0.3) is 0 Å². The van der Waals surface area contributed by atoms with Crippen molar-refractivity contribution in [2.45, 2.75) is 0 Å². The highest BCUT2D eigenvalue weighted by Crippen LogP contribution is 2.66. The van der Waals surface area contributed by atoms with Gasteiger partial charge in [0.05, 0.1) is 46.5 Å². The summed E-state index contributed by atoms with van der Waals surface area (Å²) in [6.45, 7) is 2.61. The molecule has 4 rings (SSSR count). The van der Waals surface area contributed by atoms with Crippen LogP contribution >= 0.6 is 61.7 Å². The SMILES string of the molecule is O=P(Nc1ccc(Cl)c(Cl)c1)(OP(=O)(Nc1ccc(Cl)c(Cl)c1)N1CCOCC1)N1CCOCC1. The molecule has 2 unspecified atom stereocenters. The average Bonchev–Trinajstić information content (AvgIpc) is 2.85. The van der Waals surface area contributed by atoms with Crippen molar-refractivity contribution in [2.24, 2.45) is 0 Å². The fourth-order valence-electron chi connectivity index (χ4n) is 3.53. The first-order valence-corrected chi connectivity index (χ1v) is 15.4. The van der Waals surface area contributed by atoms with Crippen molar-refractivity contribution >= 4 is 73.1 Å². The lowest BCUT2D eigenvalue weighted by atomic mass is 10.3. The van der Waals surface area contributed by atoms with Gasteiger partial charge in [-0.25, -0.2) is 22.8 Å². The molecule has 2 aliphatic rings. The lowest BCUT2D eigenvalue weighted by molar-refractivity contribution is 0.0637. The summed E-state index contributed by atoms with van der Waals surface area (Å²) in [5.41, 5.74) is 0.801. The number of hydrogen-bond donors (Lipinski definition) is 2. The number of nitrogens with zero attached hydrogens (tertiary/aromatic N) is 2. The first-order valence-electron chi connectivity index (χ1n) is 10.7. The zero-order chi connectivity index (χ0) is 25.1. The summed E-state index contributed by atoms with van der Waals surface area (Å²) in [6, 6.07) is 9.46. The Morgan fingerprint density at radius 2 is 1.03 bits per heavy atom. The van der Waals surface area contributed by atoms with E-state index in [0.717, 1.165) is 0 Å². The standard InChI is InChI=1S/C20H24Cl4N4O5P2/c21-17-3-1-15(13-19(17)23)25-34(29,27-5-9-31-10-6-27)33-35(30,28-7-11-32-12-8-28)26-16-2-4-18(22)20(24)14-16/h1-4,13-14H,5-12H2,(H,25,29)(H,26,30). The molecule has 2 aromatic rings. The van der Waals surface area contributed by atoms with Gasteiger partial charge in [-0.1, -0.05) is 46.4 Å². The summed E-state index contributed by atoms with van der Waals surface area (Å²) >= 11 is 24.4. The maximum absolute atomic E-state index is 14.4. The molecule has 2 atom stereocenters. The average molecular weight is 604 g/mol. The molecule has 15 heteroatoms. The van der Waals surface area contributed by atoms with Crippen LogP contribution in [-0.2, 0) is 22.9 Å². The van der Waals surface area contributed by atoms with Gasteiger partial charge in [0.1, 0.15) is 0 Å². The van der Waals surface area contributed by atoms with Crippen molar-refractivity contribution in [2.75, 3.05) is 62.8 Å². The van der Waals surface area contributed by atoms with E-state index in [1.807, 2.05) is 0 Å². The molecule has 0 bridgehead atoms. The van der Waals surface area contributed by atoms with E-state index in [1.54, 1.807) is 33.6 Å². The van der Waals surface area contributed by atoms with Crippen LogP contribution in [0.2, 0.25) is 20.1 Å². The third-order valence-corrected chi connectivity index (χ3v) is 11.9. The van der Waals surface area contributed by atoms with E-state index in [0.29, 0.717) is 74.0 Å². The summed E-state index contributed by atoms with van der Waals surface area (Å²) in [5, 5.41) is 7.12. The zero-order valence-electron chi connectivity index (χ0n) is 18.5. The molecule has 0 aliphatic carbocycles. The van der Waals surface area contributed by atoms with E-state index in [-0.39, 0.29) is 10.0 Å². The lowest BCUT2D eigenvalue weighted by Gasteiger charge is -2.39. The number of anilines is 2. The van der Waals surface area contributed by atoms with Gasteiger partial charge in [-0.15, -0.1) is 0 Å². The normalized spacial score (nSPS) is 21.1. The molecule has 9 nitrogen and oxygen atoms in total. The lowest BCUT2D eigenvalue weighted by Crippen LogP contribution is -2.39. The van der Waals surface area contributed by atoms with Crippen LogP contribution in [0.4, 0.5) is 11.4 Å². The van der Waals surface area contributed by atoms with Gasteiger partial charge in [0.15, 0.2) is 0 Å². The molecule has 192 valence electrons. The van der Waals surface area contributed by atoms with Crippen LogP contribution in [-0.4, -0.2) is 61.9 Å². The van der Waals surface area contributed by atoms with Crippen molar-refractivity contribution < 1.29 is 22.9 Å². The van der Waals surface area contributed by atoms with E-state index in [4.69, 9.17) is 60.2 Å². The molecule has 0 spiro atoms. The number of rotatable bonds is 8. The second-order valence-corrected chi connectivity index (χ2v) is 13.7. The highest BCUT2D eigenvalue weighted by molar-refractivity contribution is 7.71. The molecule has 2 saturated heterocycles. The molecule has 0 radical (unpaired) electrons. The van der Waals surface area contributed by atoms with Crippen molar-refractivity contribution in [1.82, 2.24) is 9.34 Å². The Kier molecular flexibility index (Phi) is 9.34. The van der Waals surface area contributed by atoms with Gasteiger partial charge in [0, 0.05) is 37.6 Å². The maximum Gasteiger partial charge on any atom is 0.376 e. The van der Waals surface area contributed by atoms with Crippen molar-refractivity contribution in [1.29, 1.82) is 0 Å². The Morgan fingerprint density at radius 1 is 0.657 bits per heavy atom. The maximum atomic E-state index is 14.4. The van der Waals surface area contributed by atoms with E-state index < -0.39 is 15.3 Å². The second-order valence-electron chi connectivity index (χ2n) is 7.74. The quantitative estimate of drug-likeness (QED) is 0.319. The van der Waals surface area contributed by atoms with E-state index in [1.165, 1.54) is 12.1 Å². The van der Waals surface area contributed by atoms with Gasteiger partial charge < -0.3 is 19.6 Å². The van der Waals surface area contributed by atoms with Gasteiger partial charge in [-0.2, -0.15) is 0 Å². The molecule has 2 N–H and O–H groups in total. The Bertz CT molecular complexity index is 1060. The molecular formula is C20H24Cl4N4O5P2. The summed E-state index contributed by atoms with van der Waals surface area (Å²) in [4.78, 5) is 0. The zero-order valence-corrected chi connectivity index (χ0v) is 23.3. The highest BCUT2D eigenvalue weighted by Gasteiger charge is 2.45. The molecule has 2 heterocycles. The van der Waals surface area contributed by atoms with Crippen molar-refractivity contribution in [3.8, 4) is 0 Å². The molecule has 35 heavy (non-hydrogen) atoms. The molecule has 2 aliphatic heterocycles. The Morgan fingerprint density at radius 3 is 1.37 bits per heavy atom. The van der Waals surface area contributed by atoms with Gasteiger partial charge in [-0.05, 0) is 36.4 Å². The summed E-state index contributed by atoms with van der Waals surface area (Å²) in [6.07, 6.45) is 0. The van der Waals surface area contributed by atoms with E-state index in [9.17, 15) is 9.13 Å². The molecule has 0 saturated carbocycles. The van der Waals surface area contributed by atoms with Crippen LogP contribution in [0.1, 0.15) is 0 Å². The van der Waals surface area contributed by atoms with E-state index >= 15 is 0 Å². The largest absolute Gasteiger partial charge is 0.379 e. The minimum absolute atomic E-state index is 0.274. The molecule has 0 amide bonds. The minimum atomic E-state index is -3.96. The van der Waals surface area contributed by atoms with Crippen LogP contribution in [0, 0.1) is 0 Å². The summed E-state index contributed by atoms with van der Waals surface area (Å²) in [5.74, 6) is 0. The third-order valence-electron chi connectivity index (χ3n) is 5.32. The predicted molar refractivity (Wildman–Crippen MR) is 141 cm³/mol. The number of hydrogen-bond acceptors (Lipinski definition) is 5. The Hall–Kier alpha value is -0.540. The summed E-state index contributed by atoms with van der Waals surface area (Å²) < 4.78 is 49.1. The van der Waals surface area contributed by atoms with Crippen LogP contribution in [0.5, 0.6) is 0 Å². The smallest absolute Gasteiger partial charge is 0.376 e. The first-order chi connectivity index (χ1) is 16.7. The monoisotopic (exact) mass is 602 g/mol. The first kappa shape index (κ1) is 27.5.